The Morgan fingerprint density at radius 2 is 1.19 bits per heavy atom. The zero-order valence-electron chi connectivity index (χ0n) is 42.2. The number of aromatic nitrogens is 2. The van der Waals surface area contributed by atoms with E-state index in [9.17, 15) is 20.1 Å². The standard InChI is InChI=1S/C30H44N2O4S.C23H30N2O4S.CH4.ClH.HI/c1-9-10-15-34-22-13-11-21(12-14-22)18-30(7,8)31-19-26(33)24-16-23(36-29(4,5)6)17-25-27(24)37-28(32-25)35-20(2)3;1-4-5-10-29-17-8-6-15(7-9-17)13-23(2,3)24-14-20(27)18-11-16(26)12-19-21(18)30-22(28)25-19;;;/h11-14,16-17,20,26,31,33H,9-10,15,18-19H2,1-8H3;6-9,11-12,20,24,26-27H,4-5,10,13-14H2,1-3H3,(H,25,28);1H4;2*1H/t26-;20-;;;/m00.../s1. The van der Waals surface area contributed by atoms with Gasteiger partial charge in [-0.2, -0.15) is 0 Å². The number of halogens is 2. The number of aliphatic hydroxyl groups is 2. The highest BCUT2D eigenvalue weighted by Crippen LogP contribution is 2.38. The summed E-state index contributed by atoms with van der Waals surface area (Å²) in [5.74, 6) is 2.50. The van der Waals surface area contributed by atoms with Gasteiger partial charge in [0.05, 0.1) is 52.0 Å². The molecule has 0 radical (unpaired) electrons. The number of nitrogens with zero attached hydrogens (tertiary/aromatic N) is 1. The number of H-pyrrole nitrogens is 1. The molecule has 70 heavy (non-hydrogen) atoms. The summed E-state index contributed by atoms with van der Waals surface area (Å²) in [4.78, 5) is 18.8. The first-order valence-electron chi connectivity index (χ1n) is 23.6. The Morgan fingerprint density at radius 3 is 1.64 bits per heavy atom. The lowest BCUT2D eigenvalue weighted by molar-refractivity contribution is 0.129. The van der Waals surface area contributed by atoms with E-state index in [1.165, 1.54) is 34.6 Å². The average molecular weight is 1140 g/mol. The maximum atomic E-state index is 11.7. The van der Waals surface area contributed by atoms with E-state index in [0.717, 1.165) is 90.4 Å². The summed E-state index contributed by atoms with van der Waals surface area (Å²) in [7, 11) is 0. The third-order valence-electron chi connectivity index (χ3n) is 10.7. The number of fused-ring (bicyclic) bond motifs is 2. The molecule has 2 atom stereocenters. The van der Waals surface area contributed by atoms with Gasteiger partial charge in [0.2, 0.25) is 0 Å². The molecule has 0 saturated heterocycles. The normalized spacial score (nSPS) is 12.5. The Kier molecular flexibility index (Phi) is 25.4. The summed E-state index contributed by atoms with van der Waals surface area (Å²) >= 11 is 2.50. The molecule has 0 unspecified atom stereocenters. The van der Waals surface area contributed by atoms with Crippen molar-refractivity contribution in [2.24, 2.45) is 0 Å². The lowest BCUT2D eigenvalue weighted by atomic mass is 9.94. The molecule has 0 aliphatic rings. The van der Waals surface area contributed by atoms with Gasteiger partial charge < -0.3 is 49.9 Å². The van der Waals surface area contributed by atoms with Gasteiger partial charge >= 0.3 is 4.87 Å². The van der Waals surface area contributed by atoms with Crippen LogP contribution in [0.25, 0.3) is 20.4 Å². The highest BCUT2D eigenvalue weighted by atomic mass is 127. The van der Waals surface area contributed by atoms with Gasteiger partial charge in [0.25, 0.3) is 5.19 Å². The first kappa shape index (κ1) is 62.4. The monoisotopic (exact) mass is 1140 g/mol. The molecule has 0 spiro atoms. The molecule has 0 fully saturated rings. The minimum absolute atomic E-state index is 0. The summed E-state index contributed by atoms with van der Waals surface area (Å²) in [6.07, 6.45) is 4.40. The second-order valence-corrected chi connectivity index (χ2v) is 21.7. The smallest absolute Gasteiger partial charge is 0.305 e. The van der Waals surface area contributed by atoms with E-state index < -0.39 is 12.2 Å². The number of aromatic hydroxyl groups is 1. The Labute approximate surface area is 447 Å². The average Bonchev–Trinajstić information content (AvgIpc) is 3.83. The molecule has 2 heterocycles. The van der Waals surface area contributed by atoms with Gasteiger partial charge in [-0.1, -0.05) is 81.1 Å². The van der Waals surface area contributed by atoms with Crippen molar-refractivity contribution in [2.75, 3.05) is 26.3 Å². The number of β-amino-alcohol motifs (C(OH)–C–C–N with tert-alkyl or cyclic N) is 2. The van der Waals surface area contributed by atoms with Crippen molar-refractivity contribution >= 4 is 79.5 Å². The molecule has 0 aliphatic heterocycles. The van der Waals surface area contributed by atoms with E-state index in [-0.39, 0.29) is 77.2 Å². The second-order valence-electron chi connectivity index (χ2n) is 19.8. The van der Waals surface area contributed by atoms with Gasteiger partial charge in [0.15, 0.2) is 0 Å². The van der Waals surface area contributed by atoms with Crippen molar-refractivity contribution < 1.29 is 34.3 Å². The third-order valence-corrected chi connectivity index (χ3v) is 12.7. The van der Waals surface area contributed by atoms with E-state index in [2.05, 4.69) is 86.4 Å². The van der Waals surface area contributed by atoms with Crippen LogP contribution >= 0.6 is 59.1 Å². The number of aliphatic hydroxyl groups excluding tert-OH is 2. The number of nitrogens with one attached hydrogen (secondary N) is 3. The van der Waals surface area contributed by atoms with Crippen molar-refractivity contribution in [1.29, 1.82) is 0 Å². The first-order valence-corrected chi connectivity index (χ1v) is 25.2. The topological polar surface area (TPSA) is 167 Å². The predicted octanol–water partition coefficient (Wildman–Crippen LogP) is 12.9. The highest BCUT2D eigenvalue weighted by molar-refractivity contribution is 14.0. The molecule has 12 nitrogen and oxygen atoms in total. The first-order chi connectivity index (χ1) is 31.6. The molecule has 6 aromatic rings. The number of aromatic amines is 1. The van der Waals surface area contributed by atoms with Crippen molar-refractivity contribution in [3.05, 3.63) is 105 Å². The van der Waals surface area contributed by atoms with Crippen molar-refractivity contribution in [3.63, 3.8) is 0 Å². The van der Waals surface area contributed by atoms with Crippen molar-refractivity contribution in [2.45, 2.75) is 157 Å². The largest absolute Gasteiger partial charge is 0.508 e. The number of hydrogen-bond acceptors (Lipinski definition) is 13. The van der Waals surface area contributed by atoms with E-state index >= 15 is 0 Å². The molecular weight excluding hydrogens is 1060 g/mol. The number of thiazole rings is 2. The van der Waals surface area contributed by atoms with Gasteiger partial charge in [-0.3, -0.25) is 4.79 Å². The van der Waals surface area contributed by atoms with Gasteiger partial charge in [-0.25, -0.2) is 4.98 Å². The molecule has 0 aliphatic carbocycles. The molecule has 0 amide bonds. The molecule has 6 rings (SSSR count). The van der Waals surface area contributed by atoms with Crippen LogP contribution in [0.15, 0.2) is 77.6 Å². The van der Waals surface area contributed by atoms with Crippen LogP contribution in [0.2, 0.25) is 0 Å². The summed E-state index contributed by atoms with van der Waals surface area (Å²) in [5.41, 5.74) is 4.21. The van der Waals surface area contributed by atoms with Gasteiger partial charge in [0, 0.05) is 47.4 Å². The number of phenols is 1. The van der Waals surface area contributed by atoms with Crippen molar-refractivity contribution in [1.82, 2.24) is 20.6 Å². The zero-order valence-corrected chi connectivity index (χ0v) is 47.0. The van der Waals surface area contributed by atoms with Crippen LogP contribution < -0.4 is 34.5 Å². The molecule has 0 saturated carbocycles. The highest BCUT2D eigenvalue weighted by Gasteiger charge is 2.25. The molecule has 390 valence electrons. The lowest BCUT2D eigenvalue weighted by Crippen LogP contribution is -2.43. The summed E-state index contributed by atoms with van der Waals surface area (Å²) in [6.45, 7) is 25.0. The minimum Gasteiger partial charge on any atom is -0.508 e. The Hall–Kier alpha value is -3.68. The number of rotatable bonds is 23. The van der Waals surface area contributed by atoms with Crippen LogP contribution in [0.4, 0.5) is 0 Å². The summed E-state index contributed by atoms with van der Waals surface area (Å²) < 4.78 is 25.1. The van der Waals surface area contributed by atoms with Crippen LogP contribution in [0.3, 0.4) is 0 Å². The minimum atomic E-state index is -0.848. The Balaban J connectivity index is 0.000000469. The Bertz CT molecular complexity index is 2520. The molecular formula is C54H80ClIN4O8S2. The van der Waals surface area contributed by atoms with Crippen LogP contribution in [-0.2, 0) is 12.8 Å². The van der Waals surface area contributed by atoms with Crippen LogP contribution in [0, 0.1) is 0 Å². The van der Waals surface area contributed by atoms with Crippen LogP contribution in [-0.4, -0.2) is 74.4 Å². The number of unbranched alkanes of at least 4 members (excludes halogenated alkanes) is 2. The fraction of sp³-hybridized carbons (Fsp3) is 0.519. The molecule has 4 aromatic carbocycles. The van der Waals surface area contributed by atoms with Gasteiger partial charge in [-0.05, 0) is 136 Å². The molecule has 0 bridgehead atoms. The maximum Gasteiger partial charge on any atom is 0.305 e. The quantitative estimate of drug-likeness (QED) is 0.0267. The van der Waals surface area contributed by atoms with Gasteiger partial charge in [-0.15, -0.1) is 36.4 Å². The van der Waals surface area contributed by atoms with Crippen molar-refractivity contribution in [3.8, 4) is 28.2 Å². The SMILES string of the molecule is C.CCCCOc1ccc(CC(C)(C)NC[C@H](O)c2cc(O)cc3[nH]c(=O)sc23)cc1.CCCCOc1ccc(CC(C)(C)NC[C@H](O)c2cc(OC(C)(C)C)cc3nc(OC(C)C)sc23)cc1.Cl.I. The number of hydrogen-bond donors (Lipinski definition) is 6. The zero-order chi connectivity index (χ0) is 48.9. The van der Waals surface area contributed by atoms with E-state index in [1.807, 2.05) is 71.0 Å². The fourth-order valence-corrected chi connectivity index (χ4v) is 9.39. The summed E-state index contributed by atoms with van der Waals surface area (Å²) in [6, 6.07) is 23.3. The molecule has 2 aromatic heterocycles. The Morgan fingerprint density at radius 1 is 0.700 bits per heavy atom. The molecule has 6 N–H and O–H groups in total. The number of benzene rings is 4. The van der Waals surface area contributed by atoms with Gasteiger partial charge in [0.1, 0.15) is 28.6 Å². The number of ether oxygens (including phenoxy) is 4. The van der Waals surface area contributed by atoms with E-state index in [4.69, 9.17) is 18.9 Å². The van der Waals surface area contributed by atoms with E-state index in [0.29, 0.717) is 39.8 Å². The second kappa shape index (κ2) is 28.5. The summed E-state index contributed by atoms with van der Waals surface area (Å²) in [5, 5.41) is 39.5. The van der Waals surface area contributed by atoms with Crippen LogP contribution in [0.1, 0.15) is 144 Å². The third kappa shape index (κ3) is 20.1. The lowest BCUT2D eigenvalue weighted by Gasteiger charge is -2.28. The predicted molar refractivity (Wildman–Crippen MR) is 304 cm³/mol. The maximum absolute atomic E-state index is 11.7. The number of phenolic OH excluding ortho intramolecular Hbond substituents is 1. The molecule has 16 heteroatoms. The van der Waals surface area contributed by atoms with E-state index in [1.54, 1.807) is 0 Å². The fourth-order valence-electron chi connectivity index (χ4n) is 7.43. The van der Waals surface area contributed by atoms with Crippen LogP contribution in [0.5, 0.6) is 28.2 Å².